The lowest BCUT2D eigenvalue weighted by molar-refractivity contribution is -0.0550. The summed E-state index contributed by atoms with van der Waals surface area (Å²) in [4.78, 5) is 2.59. The van der Waals surface area contributed by atoms with Gasteiger partial charge in [0.15, 0.2) is 0 Å². The smallest absolute Gasteiger partial charge is 0.0597 e. The van der Waals surface area contributed by atoms with E-state index in [9.17, 15) is 0 Å². The van der Waals surface area contributed by atoms with E-state index in [1.165, 1.54) is 44.3 Å². The average Bonchev–Trinajstić information content (AvgIpc) is 2.39. The molecule has 1 aromatic rings. The predicted octanol–water partition coefficient (Wildman–Crippen LogP) is 1.61. The zero-order valence-corrected chi connectivity index (χ0v) is 11.5. The van der Waals surface area contributed by atoms with Gasteiger partial charge < -0.3 is 15.4 Å². The fourth-order valence-electron chi connectivity index (χ4n) is 3.86. The fourth-order valence-corrected chi connectivity index (χ4v) is 3.86. The van der Waals surface area contributed by atoms with Crippen LogP contribution in [0.4, 0.5) is 5.69 Å². The van der Waals surface area contributed by atoms with Crippen LogP contribution in [-0.4, -0.2) is 32.8 Å². The van der Waals surface area contributed by atoms with E-state index in [-0.39, 0.29) is 5.41 Å². The number of ether oxygens (including phenoxy) is 1. The molecule has 1 aromatic carbocycles. The highest BCUT2D eigenvalue weighted by atomic mass is 16.5. The van der Waals surface area contributed by atoms with Gasteiger partial charge in [-0.05, 0) is 42.4 Å². The number of aryl methyl sites for hydroxylation is 2. The maximum atomic E-state index is 6.02. The van der Waals surface area contributed by atoms with Crippen molar-refractivity contribution in [2.24, 2.45) is 5.73 Å². The zero-order chi connectivity index (χ0) is 12.9. The Balaban J connectivity index is 1.83. The number of benzene rings is 1. The number of anilines is 1. The summed E-state index contributed by atoms with van der Waals surface area (Å²) in [5, 5.41) is 0. The van der Waals surface area contributed by atoms with Crippen molar-refractivity contribution < 1.29 is 4.74 Å². The van der Waals surface area contributed by atoms with Crippen LogP contribution in [0.5, 0.6) is 0 Å². The Hall–Kier alpha value is -1.06. The molecular weight excluding hydrogens is 236 g/mol. The molecular formula is C16H22N2O. The summed E-state index contributed by atoms with van der Waals surface area (Å²) in [6, 6.07) is 4.84. The van der Waals surface area contributed by atoms with E-state index >= 15 is 0 Å². The molecule has 3 heteroatoms. The van der Waals surface area contributed by atoms with Gasteiger partial charge in [0.2, 0.25) is 0 Å². The lowest BCUT2D eigenvalue weighted by Crippen LogP contribution is -2.52. The first-order valence-electron chi connectivity index (χ1n) is 7.51. The standard InChI is InChI=1S/C16H22N2O/c17-9-16(10-19-11-16)14-7-12-3-1-5-18-6-2-4-13(8-14)15(12)18/h7-8H,1-6,9-11,17H2. The lowest BCUT2D eigenvalue weighted by atomic mass is 9.76. The molecule has 0 aromatic heterocycles. The Morgan fingerprint density at radius 3 is 2.21 bits per heavy atom. The summed E-state index contributed by atoms with van der Waals surface area (Å²) in [5.74, 6) is 0. The van der Waals surface area contributed by atoms with E-state index < -0.39 is 0 Å². The SMILES string of the molecule is NCC1(c2cc3c4c(c2)CCCN4CCC3)COC1. The van der Waals surface area contributed by atoms with Gasteiger partial charge >= 0.3 is 0 Å². The molecule has 3 aliphatic heterocycles. The third-order valence-electron chi connectivity index (χ3n) is 5.09. The van der Waals surface area contributed by atoms with Gasteiger partial charge in [-0.25, -0.2) is 0 Å². The van der Waals surface area contributed by atoms with E-state index in [4.69, 9.17) is 10.5 Å². The van der Waals surface area contributed by atoms with E-state index in [0.717, 1.165) is 13.2 Å². The fraction of sp³-hybridized carbons (Fsp3) is 0.625. The zero-order valence-electron chi connectivity index (χ0n) is 11.5. The molecule has 0 aliphatic carbocycles. The van der Waals surface area contributed by atoms with Crippen LogP contribution >= 0.6 is 0 Å². The lowest BCUT2D eigenvalue weighted by Gasteiger charge is -2.43. The van der Waals surface area contributed by atoms with Crippen molar-refractivity contribution in [2.45, 2.75) is 31.1 Å². The van der Waals surface area contributed by atoms with Crippen LogP contribution in [-0.2, 0) is 23.0 Å². The highest BCUT2D eigenvalue weighted by Gasteiger charge is 2.40. The minimum Gasteiger partial charge on any atom is -0.379 e. The second-order valence-corrected chi connectivity index (χ2v) is 6.31. The summed E-state index contributed by atoms with van der Waals surface area (Å²) >= 11 is 0. The summed E-state index contributed by atoms with van der Waals surface area (Å²) in [6.07, 6.45) is 5.05. The van der Waals surface area contributed by atoms with Crippen molar-refractivity contribution in [3.8, 4) is 0 Å². The Morgan fingerprint density at radius 2 is 1.74 bits per heavy atom. The second kappa shape index (κ2) is 4.22. The maximum absolute atomic E-state index is 6.02. The van der Waals surface area contributed by atoms with Gasteiger partial charge in [0.1, 0.15) is 0 Å². The van der Waals surface area contributed by atoms with Gasteiger partial charge in [-0.3, -0.25) is 0 Å². The molecule has 0 spiro atoms. The average molecular weight is 258 g/mol. The van der Waals surface area contributed by atoms with Gasteiger partial charge in [-0.2, -0.15) is 0 Å². The van der Waals surface area contributed by atoms with Gasteiger partial charge in [0.25, 0.3) is 0 Å². The van der Waals surface area contributed by atoms with Crippen molar-refractivity contribution >= 4 is 5.69 Å². The van der Waals surface area contributed by atoms with Crippen molar-refractivity contribution in [2.75, 3.05) is 37.7 Å². The van der Waals surface area contributed by atoms with E-state index in [2.05, 4.69) is 17.0 Å². The number of hydrogen-bond donors (Lipinski definition) is 1. The molecule has 0 bridgehead atoms. The number of nitrogens with two attached hydrogens (primary N) is 1. The molecule has 3 heterocycles. The van der Waals surface area contributed by atoms with Crippen LogP contribution in [0, 0.1) is 0 Å². The molecule has 1 fully saturated rings. The van der Waals surface area contributed by atoms with Crippen molar-refractivity contribution in [3.05, 3.63) is 28.8 Å². The predicted molar refractivity (Wildman–Crippen MR) is 76.8 cm³/mol. The first-order chi connectivity index (χ1) is 9.32. The van der Waals surface area contributed by atoms with Gasteiger partial charge in [0, 0.05) is 25.3 Å². The van der Waals surface area contributed by atoms with Crippen molar-refractivity contribution in [1.82, 2.24) is 0 Å². The van der Waals surface area contributed by atoms with Crippen LogP contribution in [0.25, 0.3) is 0 Å². The molecule has 0 atom stereocenters. The normalized spacial score (nSPS) is 23.7. The Kier molecular flexibility index (Phi) is 2.61. The van der Waals surface area contributed by atoms with Gasteiger partial charge in [0.05, 0.1) is 18.6 Å². The first-order valence-corrected chi connectivity index (χ1v) is 7.51. The Morgan fingerprint density at radius 1 is 1.11 bits per heavy atom. The molecule has 2 N–H and O–H groups in total. The molecule has 0 radical (unpaired) electrons. The van der Waals surface area contributed by atoms with Crippen molar-refractivity contribution in [3.63, 3.8) is 0 Å². The molecule has 1 saturated heterocycles. The highest BCUT2D eigenvalue weighted by molar-refractivity contribution is 5.64. The highest BCUT2D eigenvalue weighted by Crippen LogP contribution is 2.40. The Bertz CT molecular complexity index is 471. The number of rotatable bonds is 2. The molecule has 0 unspecified atom stereocenters. The molecule has 3 nitrogen and oxygen atoms in total. The third kappa shape index (κ3) is 1.65. The molecule has 4 rings (SSSR count). The summed E-state index contributed by atoms with van der Waals surface area (Å²) in [5.41, 5.74) is 12.2. The minimum absolute atomic E-state index is 0.102. The summed E-state index contributed by atoms with van der Waals surface area (Å²) < 4.78 is 5.45. The minimum atomic E-state index is 0.102. The van der Waals surface area contributed by atoms with Crippen LogP contribution in [0.1, 0.15) is 29.5 Å². The number of hydrogen-bond acceptors (Lipinski definition) is 3. The molecule has 19 heavy (non-hydrogen) atoms. The largest absolute Gasteiger partial charge is 0.379 e. The molecule has 0 saturated carbocycles. The second-order valence-electron chi connectivity index (χ2n) is 6.31. The van der Waals surface area contributed by atoms with Crippen LogP contribution in [0.15, 0.2) is 12.1 Å². The third-order valence-corrected chi connectivity index (χ3v) is 5.09. The monoisotopic (exact) mass is 258 g/mol. The van der Waals surface area contributed by atoms with Crippen LogP contribution in [0.2, 0.25) is 0 Å². The Labute approximate surface area is 114 Å². The first kappa shape index (κ1) is 11.7. The van der Waals surface area contributed by atoms with Gasteiger partial charge in [-0.1, -0.05) is 12.1 Å². The van der Waals surface area contributed by atoms with Crippen LogP contribution < -0.4 is 10.6 Å². The summed E-state index contributed by atoms with van der Waals surface area (Å²) in [7, 11) is 0. The molecule has 102 valence electrons. The van der Waals surface area contributed by atoms with Crippen LogP contribution in [0.3, 0.4) is 0 Å². The van der Waals surface area contributed by atoms with E-state index in [1.807, 2.05) is 0 Å². The van der Waals surface area contributed by atoms with E-state index in [1.54, 1.807) is 16.8 Å². The topological polar surface area (TPSA) is 38.5 Å². The van der Waals surface area contributed by atoms with E-state index in [0.29, 0.717) is 6.54 Å². The summed E-state index contributed by atoms with van der Waals surface area (Å²) in [6.45, 7) is 4.78. The van der Waals surface area contributed by atoms with Crippen molar-refractivity contribution in [1.29, 1.82) is 0 Å². The maximum Gasteiger partial charge on any atom is 0.0597 e. The van der Waals surface area contributed by atoms with Gasteiger partial charge in [-0.15, -0.1) is 0 Å². The quantitative estimate of drug-likeness (QED) is 0.876. The molecule has 0 amide bonds. The number of nitrogens with zero attached hydrogens (tertiary/aromatic N) is 1. The molecule has 3 aliphatic rings.